The zero-order chi connectivity index (χ0) is 22.3. The fourth-order valence-corrected chi connectivity index (χ4v) is 5.33. The lowest BCUT2D eigenvalue weighted by atomic mass is 9.91. The van der Waals surface area contributed by atoms with Gasteiger partial charge in [-0.2, -0.15) is 9.61 Å². The summed E-state index contributed by atoms with van der Waals surface area (Å²) in [5.74, 6) is 1.46. The summed E-state index contributed by atoms with van der Waals surface area (Å²) >= 11 is 1.84. The van der Waals surface area contributed by atoms with Gasteiger partial charge in [-0.05, 0) is 49.6 Å². The van der Waals surface area contributed by atoms with E-state index in [-0.39, 0.29) is 5.41 Å². The highest BCUT2D eigenvalue weighted by atomic mass is 32.1. The lowest BCUT2D eigenvalue weighted by Crippen LogP contribution is -2.28. The van der Waals surface area contributed by atoms with E-state index in [4.69, 9.17) is 9.84 Å². The average molecular weight is 448 g/mol. The van der Waals surface area contributed by atoms with Crippen LogP contribution in [0.15, 0.2) is 36.4 Å². The molecule has 0 atom stereocenters. The molecule has 0 saturated carbocycles. The molecule has 32 heavy (non-hydrogen) atoms. The Balaban J connectivity index is 1.64. The van der Waals surface area contributed by atoms with Crippen molar-refractivity contribution in [3.8, 4) is 17.1 Å². The second-order valence-corrected chi connectivity index (χ2v) is 10.4. The Morgan fingerprint density at radius 2 is 1.78 bits per heavy atom. The third-order valence-corrected chi connectivity index (χ3v) is 7.05. The molecule has 1 saturated heterocycles. The fraction of sp³-hybridized carbons (Fsp3) is 0.400. The number of rotatable bonds is 4. The normalized spacial score (nSPS) is 15.6. The molecule has 1 aliphatic rings. The summed E-state index contributed by atoms with van der Waals surface area (Å²) in [4.78, 5) is 3.72. The van der Waals surface area contributed by atoms with Gasteiger partial charge < -0.3 is 9.64 Å². The van der Waals surface area contributed by atoms with Crippen LogP contribution >= 0.6 is 11.3 Å². The predicted octanol–water partition coefficient (Wildman–Crippen LogP) is 4.70. The Hall–Kier alpha value is -2.93. The van der Waals surface area contributed by atoms with Crippen molar-refractivity contribution in [2.45, 2.75) is 45.4 Å². The van der Waals surface area contributed by atoms with Crippen molar-refractivity contribution in [2.24, 2.45) is 0 Å². The number of hydrogen-bond donors (Lipinski definition) is 0. The third-order valence-electron chi connectivity index (χ3n) is 5.96. The number of thiophene rings is 1. The predicted molar refractivity (Wildman–Crippen MR) is 131 cm³/mol. The molecular formula is C25H29N5OS. The first-order valence-electron chi connectivity index (χ1n) is 11.2. The first kappa shape index (κ1) is 20.9. The van der Waals surface area contributed by atoms with Crippen molar-refractivity contribution in [1.82, 2.24) is 19.8 Å². The molecule has 6 nitrogen and oxygen atoms in total. The lowest BCUT2D eigenvalue weighted by molar-refractivity contribution is 0.416. The molecule has 1 aliphatic heterocycles. The van der Waals surface area contributed by atoms with Crippen LogP contribution in [0.25, 0.3) is 23.1 Å². The van der Waals surface area contributed by atoms with Crippen LogP contribution in [-0.4, -0.2) is 40.0 Å². The van der Waals surface area contributed by atoms with Gasteiger partial charge in [0.2, 0.25) is 0 Å². The van der Waals surface area contributed by atoms with Crippen LogP contribution in [0.5, 0.6) is 5.75 Å². The van der Waals surface area contributed by atoms with Gasteiger partial charge in [0, 0.05) is 28.6 Å². The highest BCUT2D eigenvalue weighted by Crippen LogP contribution is 2.31. The van der Waals surface area contributed by atoms with E-state index >= 15 is 0 Å². The van der Waals surface area contributed by atoms with Crippen molar-refractivity contribution in [3.05, 3.63) is 52.2 Å². The van der Waals surface area contributed by atoms with E-state index < -0.39 is 0 Å². The molecule has 0 amide bonds. The van der Waals surface area contributed by atoms with E-state index in [1.165, 1.54) is 29.1 Å². The largest absolute Gasteiger partial charge is 0.496 e. The van der Waals surface area contributed by atoms with Crippen molar-refractivity contribution in [3.63, 3.8) is 0 Å². The summed E-state index contributed by atoms with van der Waals surface area (Å²) in [7, 11) is 1.67. The molecule has 1 fully saturated rings. The van der Waals surface area contributed by atoms with Gasteiger partial charge in [-0.3, -0.25) is 0 Å². The minimum Gasteiger partial charge on any atom is -0.496 e. The van der Waals surface area contributed by atoms with E-state index in [2.05, 4.69) is 54.1 Å². The van der Waals surface area contributed by atoms with Gasteiger partial charge in [0.05, 0.1) is 23.4 Å². The number of anilines is 1. The first-order valence-corrected chi connectivity index (χ1v) is 12.0. The number of nitrogens with zero attached hydrogens (tertiary/aromatic N) is 5. The minimum absolute atomic E-state index is 0.127. The molecule has 1 aromatic carbocycles. The van der Waals surface area contributed by atoms with E-state index in [0.29, 0.717) is 5.82 Å². The molecular weight excluding hydrogens is 418 g/mol. The molecule has 0 radical (unpaired) electrons. The molecule has 0 unspecified atom stereocenters. The summed E-state index contributed by atoms with van der Waals surface area (Å²) in [5.41, 5.74) is 2.56. The maximum absolute atomic E-state index is 5.56. The van der Waals surface area contributed by atoms with Crippen LogP contribution in [0.1, 0.15) is 50.6 Å². The maximum Gasteiger partial charge on any atom is 0.189 e. The van der Waals surface area contributed by atoms with Gasteiger partial charge >= 0.3 is 0 Å². The number of aromatic nitrogens is 4. The van der Waals surface area contributed by atoms with Crippen LogP contribution in [0.4, 0.5) is 5.00 Å². The van der Waals surface area contributed by atoms with Gasteiger partial charge in [-0.15, -0.1) is 21.5 Å². The zero-order valence-corrected chi connectivity index (χ0v) is 19.9. The first-order chi connectivity index (χ1) is 15.5. The third kappa shape index (κ3) is 3.75. The van der Waals surface area contributed by atoms with Gasteiger partial charge in [-0.1, -0.05) is 32.9 Å². The van der Waals surface area contributed by atoms with Gasteiger partial charge in [0.25, 0.3) is 0 Å². The number of hydrogen-bond acceptors (Lipinski definition) is 6. The quantitative estimate of drug-likeness (QED) is 0.454. The topological polar surface area (TPSA) is 55.6 Å². The second kappa shape index (κ2) is 8.20. The summed E-state index contributed by atoms with van der Waals surface area (Å²) in [6.45, 7) is 8.88. The van der Waals surface area contributed by atoms with E-state index in [1.54, 1.807) is 7.11 Å². The Bertz CT molecular complexity index is 1290. The fourth-order valence-electron chi connectivity index (χ4n) is 4.33. The van der Waals surface area contributed by atoms with E-state index in [0.717, 1.165) is 41.0 Å². The number of fused-ring (bicyclic) bond motifs is 1. The van der Waals surface area contributed by atoms with Gasteiger partial charge in [0.15, 0.2) is 11.5 Å². The lowest BCUT2D eigenvalue weighted by Gasteiger charge is -2.27. The molecule has 166 valence electrons. The van der Waals surface area contributed by atoms with Crippen LogP contribution in [-0.2, 0) is 5.41 Å². The summed E-state index contributed by atoms with van der Waals surface area (Å²) in [6, 6.07) is 12.3. The van der Waals surface area contributed by atoms with Crippen LogP contribution in [0.3, 0.4) is 0 Å². The average Bonchev–Trinajstić information content (AvgIpc) is 3.50. The number of ether oxygens (including phenoxy) is 1. The molecule has 0 aliphatic carbocycles. The number of para-hydroxylation sites is 1. The Morgan fingerprint density at radius 1 is 1.00 bits per heavy atom. The molecule has 4 aromatic rings. The van der Waals surface area contributed by atoms with E-state index in [1.807, 2.05) is 40.1 Å². The van der Waals surface area contributed by atoms with Crippen molar-refractivity contribution in [1.29, 1.82) is 0 Å². The van der Waals surface area contributed by atoms with Gasteiger partial charge in [0.1, 0.15) is 5.75 Å². The SMILES string of the molecule is COc1ccccc1-c1nnc2c(=Cc3ccc(N4CCCCC4)s3)c(C(C)(C)C)nn12. The Morgan fingerprint density at radius 3 is 2.53 bits per heavy atom. The molecule has 0 bridgehead atoms. The monoisotopic (exact) mass is 447 g/mol. The van der Waals surface area contributed by atoms with Crippen molar-refractivity contribution < 1.29 is 4.74 Å². The highest BCUT2D eigenvalue weighted by molar-refractivity contribution is 7.16. The number of piperidine rings is 1. The van der Waals surface area contributed by atoms with Crippen LogP contribution in [0, 0.1) is 0 Å². The molecule has 0 N–H and O–H groups in total. The summed E-state index contributed by atoms with van der Waals surface area (Å²) < 4.78 is 7.42. The number of methoxy groups -OCH3 is 1. The van der Waals surface area contributed by atoms with Crippen molar-refractivity contribution in [2.75, 3.05) is 25.1 Å². The van der Waals surface area contributed by atoms with Crippen LogP contribution in [0.2, 0.25) is 0 Å². The second-order valence-electron chi connectivity index (χ2n) is 9.34. The van der Waals surface area contributed by atoms with Gasteiger partial charge in [-0.25, -0.2) is 0 Å². The summed E-state index contributed by atoms with van der Waals surface area (Å²) in [5, 5.41) is 16.4. The summed E-state index contributed by atoms with van der Waals surface area (Å²) in [6.07, 6.45) is 6.13. The maximum atomic E-state index is 5.56. The van der Waals surface area contributed by atoms with Crippen LogP contribution < -0.4 is 14.9 Å². The van der Waals surface area contributed by atoms with E-state index in [9.17, 15) is 0 Å². The number of benzene rings is 1. The Kier molecular flexibility index (Phi) is 5.37. The standard InChI is InChI=1S/C25H29N5OS/c1-25(2,3)22-19(16-17-12-13-21(32-17)29-14-8-5-9-15-29)24-27-26-23(30(24)28-22)18-10-6-7-11-20(18)31-4/h6-7,10-13,16H,5,8-9,14-15H2,1-4H3. The smallest absolute Gasteiger partial charge is 0.189 e. The molecule has 7 heteroatoms. The Labute approximate surface area is 192 Å². The molecule has 5 rings (SSSR count). The zero-order valence-electron chi connectivity index (χ0n) is 19.1. The minimum atomic E-state index is -0.127. The highest BCUT2D eigenvalue weighted by Gasteiger charge is 2.25. The molecule has 0 spiro atoms. The van der Waals surface area contributed by atoms with Crippen molar-refractivity contribution >= 4 is 28.1 Å². The molecule has 3 aromatic heterocycles. The molecule has 4 heterocycles.